The number of hydrogen-bond donors (Lipinski definition) is 1. The van der Waals surface area contributed by atoms with Crippen molar-refractivity contribution in [2.45, 2.75) is 26.3 Å². The van der Waals surface area contributed by atoms with Crippen LogP contribution in [-0.4, -0.2) is 36.8 Å². The molecule has 0 saturated carbocycles. The summed E-state index contributed by atoms with van der Waals surface area (Å²) in [4.78, 5) is 2.00. The molecule has 2 heteroatoms. The summed E-state index contributed by atoms with van der Waals surface area (Å²) in [7, 11) is 3.91. The number of aliphatic hydroxyl groups is 1. The molecule has 0 aliphatic rings. The smallest absolute Gasteiger partial charge is 0.0589 e. The molecule has 0 heterocycles. The van der Waals surface area contributed by atoms with Crippen LogP contribution in [0.25, 0.3) is 0 Å². The van der Waals surface area contributed by atoms with Gasteiger partial charge < -0.3 is 10.0 Å². The van der Waals surface area contributed by atoms with Crippen LogP contribution in [-0.2, 0) is 0 Å². The van der Waals surface area contributed by atoms with Crippen LogP contribution >= 0.6 is 0 Å². The van der Waals surface area contributed by atoms with Gasteiger partial charge in [0.2, 0.25) is 0 Å². The fourth-order valence-corrected chi connectivity index (χ4v) is 1.05. The van der Waals surface area contributed by atoms with E-state index in [-0.39, 0.29) is 12.6 Å². The van der Waals surface area contributed by atoms with Gasteiger partial charge in [0.15, 0.2) is 0 Å². The van der Waals surface area contributed by atoms with Crippen molar-refractivity contribution < 1.29 is 5.11 Å². The van der Waals surface area contributed by atoms with Gasteiger partial charge in [0.05, 0.1) is 6.61 Å². The van der Waals surface area contributed by atoms with E-state index in [9.17, 15) is 0 Å². The standard InChI is InChI=1S/C11H19NO.C2H6/c1-5-7-10(6-2)8-11(9-13)12(3)4;1-2/h5-7,11,13H,1-2,8-9H2,3-4H3;1-2H3/b10-7+;/t11-;/m0./s1. The van der Waals surface area contributed by atoms with Crippen LogP contribution in [0.4, 0.5) is 0 Å². The third-order valence-electron chi connectivity index (χ3n) is 2.01. The Bertz CT molecular complexity index is 195. The average molecular weight is 211 g/mol. The molecule has 0 rings (SSSR count). The molecule has 0 aromatic carbocycles. The molecule has 0 fully saturated rings. The molecule has 0 spiro atoms. The van der Waals surface area contributed by atoms with Crippen LogP contribution in [0.1, 0.15) is 20.3 Å². The van der Waals surface area contributed by atoms with E-state index >= 15 is 0 Å². The molecular formula is C13H25NO. The first-order chi connectivity index (χ1) is 7.15. The maximum absolute atomic E-state index is 9.08. The Morgan fingerprint density at radius 3 is 2.13 bits per heavy atom. The van der Waals surface area contributed by atoms with E-state index in [1.807, 2.05) is 38.9 Å². The van der Waals surface area contributed by atoms with Gasteiger partial charge in [-0.25, -0.2) is 0 Å². The molecule has 1 N–H and O–H groups in total. The summed E-state index contributed by atoms with van der Waals surface area (Å²) in [6, 6.07) is 0.157. The highest BCUT2D eigenvalue weighted by molar-refractivity contribution is 5.22. The normalized spacial score (nSPS) is 12.8. The second kappa shape index (κ2) is 11.2. The largest absolute Gasteiger partial charge is 0.395 e. The minimum atomic E-state index is 0.157. The van der Waals surface area contributed by atoms with Crippen molar-refractivity contribution in [1.82, 2.24) is 4.90 Å². The molecular weight excluding hydrogens is 186 g/mol. The summed E-state index contributed by atoms with van der Waals surface area (Å²) in [5.74, 6) is 0. The highest BCUT2D eigenvalue weighted by Gasteiger charge is 2.10. The highest BCUT2D eigenvalue weighted by Crippen LogP contribution is 2.09. The molecule has 0 aliphatic carbocycles. The van der Waals surface area contributed by atoms with Crippen LogP contribution < -0.4 is 0 Å². The lowest BCUT2D eigenvalue weighted by atomic mass is 10.1. The van der Waals surface area contributed by atoms with Crippen LogP contribution in [0.5, 0.6) is 0 Å². The van der Waals surface area contributed by atoms with Gasteiger partial charge in [-0.1, -0.05) is 45.2 Å². The van der Waals surface area contributed by atoms with Gasteiger partial charge in [-0.3, -0.25) is 0 Å². The molecule has 88 valence electrons. The summed E-state index contributed by atoms with van der Waals surface area (Å²) in [5, 5.41) is 9.08. The third-order valence-corrected chi connectivity index (χ3v) is 2.01. The van der Waals surface area contributed by atoms with E-state index in [0.717, 1.165) is 12.0 Å². The van der Waals surface area contributed by atoms with Gasteiger partial charge in [-0.15, -0.1) is 0 Å². The SMILES string of the molecule is C=C/C=C(\C=C)C[C@@H](CO)N(C)C.CC. The quantitative estimate of drug-likeness (QED) is 0.683. The molecule has 0 amide bonds. The predicted molar refractivity (Wildman–Crippen MR) is 69.0 cm³/mol. The summed E-state index contributed by atoms with van der Waals surface area (Å²) in [5.41, 5.74) is 1.10. The van der Waals surface area contributed by atoms with Gasteiger partial charge in [-0.05, 0) is 26.1 Å². The number of allylic oxidation sites excluding steroid dienone is 3. The number of nitrogens with zero attached hydrogens (tertiary/aromatic N) is 1. The zero-order chi connectivity index (χ0) is 12.3. The molecule has 1 atom stereocenters. The molecule has 0 unspecified atom stereocenters. The Labute approximate surface area is 94.6 Å². The van der Waals surface area contributed by atoms with Crippen molar-refractivity contribution in [1.29, 1.82) is 0 Å². The molecule has 15 heavy (non-hydrogen) atoms. The minimum absolute atomic E-state index is 0.157. The number of hydrogen-bond acceptors (Lipinski definition) is 2. The summed E-state index contributed by atoms with van der Waals surface area (Å²) < 4.78 is 0. The van der Waals surface area contributed by atoms with Crippen molar-refractivity contribution in [3.63, 3.8) is 0 Å². The van der Waals surface area contributed by atoms with Crippen LogP contribution in [0.15, 0.2) is 37.0 Å². The Morgan fingerprint density at radius 1 is 1.33 bits per heavy atom. The first kappa shape index (κ1) is 16.6. The van der Waals surface area contributed by atoms with Crippen LogP contribution in [0, 0.1) is 0 Å². The Hall–Kier alpha value is -0.860. The lowest BCUT2D eigenvalue weighted by Crippen LogP contribution is -2.31. The number of likely N-dealkylation sites (N-methyl/N-ethyl adjacent to an activating group) is 1. The predicted octanol–water partition coefficient (Wildman–Crippen LogP) is 2.62. The zero-order valence-electron chi connectivity index (χ0n) is 10.5. The van der Waals surface area contributed by atoms with Crippen molar-refractivity contribution in [3.05, 3.63) is 37.0 Å². The van der Waals surface area contributed by atoms with Gasteiger partial charge in [0.25, 0.3) is 0 Å². The van der Waals surface area contributed by atoms with Gasteiger partial charge >= 0.3 is 0 Å². The van der Waals surface area contributed by atoms with E-state index in [1.54, 1.807) is 12.2 Å². The van der Waals surface area contributed by atoms with Crippen molar-refractivity contribution in [2.75, 3.05) is 20.7 Å². The van der Waals surface area contributed by atoms with Crippen molar-refractivity contribution in [3.8, 4) is 0 Å². The molecule has 0 aliphatic heterocycles. The summed E-state index contributed by atoms with van der Waals surface area (Å²) >= 11 is 0. The molecule has 0 aromatic rings. The molecule has 0 saturated heterocycles. The zero-order valence-corrected chi connectivity index (χ0v) is 10.5. The molecule has 0 bridgehead atoms. The van der Waals surface area contributed by atoms with E-state index in [1.165, 1.54) is 0 Å². The first-order valence-electron chi connectivity index (χ1n) is 5.37. The Kier molecular flexibility index (Phi) is 12.4. The van der Waals surface area contributed by atoms with Crippen LogP contribution in [0.2, 0.25) is 0 Å². The second-order valence-electron chi connectivity index (χ2n) is 3.19. The van der Waals surface area contributed by atoms with Gasteiger partial charge in [-0.2, -0.15) is 0 Å². The van der Waals surface area contributed by atoms with E-state index in [2.05, 4.69) is 13.2 Å². The summed E-state index contributed by atoms with van der Waals surface area (Å²) in [6.07, 6.45) is 6.26. The number of aliphatic hydroxyl groups excluding tert-OH is 1. The number of rotatable bonds is 6. The molecule has 2 nitrogen and oxygen atoms in total. The van der Waals surface area contributed by atoms with E-state index in [0.29, 0.717) is 0 Å². The minimum Gasteiger partial charge on any atom is -0.395 e. The van der Waals surface area contributed by atoms with Crippen molar-refractivity contribution in [2.24, 2.45) is 0 Å². The monoisotopic (exact) mass is 211 g/mol. The second-order valence-corrected chi connectivity index (χ2v) is 3.19. The van der Waals surface area contributed by atoms with Gasteiger partial charge in [0, 0.05) is 6.04 Å². The molecule has 0 radical (unpaired) electrons. The van der Waals surface area contributed by atoms with Crippen molar-refractivity contribution >= 4 is 0 Å². The lowest BCUT2D eigenvalue weighted by molar-refractivity contribution is 0.169. The van der Waals surface area contributed by atoms with Crippen LogP contribution in [0.3, 0.4) is 0 Å². The Morgan fingerprint density at radius 2 is 1.87 bits per heavy atom. The average Bonchev–Trinajstić information content (AvgIpc) is 2.26. The molecule has 0 aromatic heterocycles. The lowest BCUT2D eigenvalue weighted by Gasteiger charge is -2.22. The van der Waals surface area contributed by atoms with Gasteiger partial charge in [0.1, 0.15) is 0 Å². The maximum atomic E-state index is 9.08. The van der Waals surface area contributed by atoms with E-state index < -0.39 is 0 Å². The first-order valence-corrected chi connectivity index (χ1v) is 5.37. The summed E-state index contributed by atoms with van der Waals surface area (Å²) in [6.45, 7) is 11.5. The van der Waals surface area contributed by atoms with E-state index in [4.69, 9.17) is 5.11 Å². The fraction of sp³-hybridized carbons (Fsp3) is 0.538. The topological polar surface area (TPSA) is 23.5 Å². The highest BCUT2D eigenvalue weighted by atomic mass is 16.3. The maximum Gasteiger partial charge on any atom is 0.0589 e. The third kappa shape index (κ3) is 8.16. The fourth-order valence-electron chi connectivity index (χ4n) is 1.05. The Balaban J connectivity index is 0.